The zero-order valence-corrected chi connectivity index (χ0v) is 13.9. The molecule has 1 aromatic carbocycles. The molecule has 0 radical (unpaired) electrons. The Morgan fingerprint density at radius 3 is 2.40 bits per heavy atom. The van der Waals surface area contributed by atoms with E-state index in [1.807, 2.05) is 0 Å². The smallest absolute Gasteiger partial charge is 0.0401 e. The number of hydrogen-bond donors (Lipinski definition) is 1. The maximum absolute atomic E-state index is 6.02. The lowest BCUT2D eigenvalue weighted by molar-refractivity contribution is 0.621. The van der Waals surface area contributed by atoms with Crippen molar-refractivity contribution in [3.05, 3.63) is 29.3 Å². The highest BCUT2D eigenvalue weighted by Crippen LogP contribution is 2.25. The molecule has 0 fully saturated rings. The first kappa shape index (κ1) is 17.0. The van der Waals surface area contributed by atoms with Crippen molar-refractivity contribution in [1.29, 1.82) is 0 Å². The van der Waals surface area contributed by atoms with E-state index in [-0.39, 0.29) is 6.04 Å². The third kappa shape index (κ3) is 5.16. The van der Waals surface area contributed by atoms with Crippen LogP contribution in [0.1, 0.15) is 58.1 Å². The molecular formula is C18H32N2. The number of hydrogen-bond acceptors (Lipinski definition) is 2. The molecule has 0 spiro atoms. The van der Waals surface area contributed by atoms with Gasteiger partial charge < -0.3 is 10.6 Å². The SMILES string of the molecule is CCCCCN(c1ccc(C)cc1CC(C)N)C(C)C. The van der Waals surface area contributed by atoms with E-state index in [0.29, 0.717) is 6.04 Å². The third-order valence-electron chi connectivity index (χ3n) is 3.71. The number of benzene rings is 1. The van der Waals surface area contributed by atoms with E-state index in [1.165, 1.54) is 36.1 Å². The summed E-state index contributed by atoms with van der Waals surface area (Å²) in [4.78, 5) is 2.53. The lowest BCUT2D eigenvalue weighted by Gasteiger charge is -2.31. The number of nitrogens with two attached hydrogens (primary N) is 1. The average Bonchev–Trinajstić information content (AvgIpc) is 2.35. The minimum atomic E-state index is 0.209. The molecule has 0 aliphatic carbocycles. The van der Waals surface area contributed by atoms with Crippen molar-refractivity contribution in [3.8, 4) is 0 Å². The molecule has 0 bridgehead atoms. The van der Waals surface area contributed by atoms with Crippen molar-refractivity contribution >= 4 is 5.69 Å². The average molecular weight is 276 g/mol. The number of nitrogens with zero attached hydrogens (tertiary/aromatic N) is 1. The predicted molar refractivity (Wildman–Crippen MR) is 90.5 cm³/mol. The molecule has 0 heterocycles. The fourth-order valence-corrected chi connectivity index (χ4v) is 2.69. The summed E-state index contributed by atoms with van der Waals surface area (Å²) >= 11 is 0. The van der Waals surface area contributed by atoms with Gasteiger partial charge >= 0.3 is 0 Å². The first-order valence-corrected chi connectivity index (χ1v) is 8.07. The van der Waals surface area contributed by atoms with Crippen LogP contribution in [0, 0.1) is 6.92 Å². The van der Waals surface area contributed by atoms with Gasteiger partial charge in [-0.3, -0.25) is 0 Å². The molecule has 1 atom stereocenters. The zero-order valence-electron chi connectivity index (χ0n) is 13.9. The molecule has 114 valence electrons. The topological polar surface area (TPSA) is 29.3 Å². The molecule has 1 aromatic rings. The summed E-state index contributed by atoms with van der Waals surface area (Å²) < 4.78 is 0. The van der Waals surface area contributed by atoms with Crippen LogP contribution >= 0.6 is 0 Å². The van der Waals surface area contributed by atoms with Gasteiger partial charge in [0.2, 0.25) is 0 Å². The molecule has 2 nitrogen and oxygen atoms in total. The first-order valence-electron chi connectivity index (χ1n) is 8.07. The van der Waals surface area contributed by atoms with Crippen LogP contribution in [0.2, 0.25) is 0 Å². The minimum absolute atomic E-state index is 0.209. The molecule has 1 unspecified atom stereocenters. The van der Waals surface area contributed by atoms with Gasteiger partial charge in [-0.2, -0.15) is 0 Å². The van der Waals surface area contributed by atoms with Crippen LogP contribution in [0.15, 0.2) is 18.2 Å². The Morgan fingerprint density at radius 1 is 1.15 bits per heavy atom. The van der Waals surface area contributed by atoms with Gasteiger partial charge in [-0.1, -0.05) is 37.5 Å². The Hall–Kier alpha value is -1.02. The van der Waals surface area contributed by atoms with Crippen molar-refractivity contribution in [1.82, 2.24) is 0 Å². The molecule has 2 heteroatoms. The Morgan fingerprint density at radius 2 is 1.85 bits per heavy atom. The number of rotatable bonds is 8. The Balaban J connectivity index is 2.98. The fraction of sp³-hybridized carbons (Fsp3) is 0.667. The molecule has 1 rings (SSSR count). The van der Waals surface area contributed by atoms with Crippen molar-refractivity contribution in [2.45, 2.75) is 72.4 Å². The highest BCUT2D eigenvalue weighted by Gasteiger charge is 2.15. The van der Waals surface area contributed by atoms with Crippen molar-refractivity contribution in [2.75, 3.05) is 11.4 Å². The van der Waals surface area contributed by atoms with E-state index in [0.717, 1.165) is 13.0 Å². The second kappa shape index (κ2) is 8.31. The second-order valence-electron chi connectivity index (χ2n) is 6.31. The predicted octanol–water partition coefficient (Wildman–Crippen LogP) is 4.29. The molecule has 0 amide bonds. The van der Waals surface area contributed by atoms with Crippen molar-refractivity contribution in [3.63, 3.8) is 0 Å². The Bertz CT molecular complexity index is 396. The van der Waals surface area contributed by atoms with Gasteiger partial charge in [-0.05, 0) is 52.2 Å². The van der Waals surface area contributed by atoms with Gasteiger partial charge in [0, 0.05) is 24.3 Å². The summed E-state index contributed by atoms with van der Waals surface area (Å²) in [6.07, 6.45) is 4.79. The first-order chi connectivity index (χ1) is 9.45. The molecule has 0 aliphatic heterocycles. The molecule has 20 heavy (non-hydrogen) atoms. The van der Waals surface area contributed by atoms with Crippen LogP contribution in [0.3, 0.4) is 0 Å². The summed E-state index contributed by atoms with van der Waals surface area (Å²) in [5.74, 6) is 0. The summed E-state index contributed by atoms with van der Waals surface area (Å²) in [5, 5.41) is 0. The van der Waals surface area contributed by atoms with Crippen molar-refractivity contribution in [2.24, 2.45) is 5.73 Å². The number of anilines is 1. The van der Waals surface area contributed by atoms with Gasteiger partial charge in [0.1, 0.15) is 0 Å². The van der Waals surface area contributed by atoms with E-state index in [4.69, 9.17) is 5.73 Å². The van der Waals surface area contributed by atoms with E-state index in [2.05, 4.69) is 57.7 Å². The number of aryl methyl sites for hydroxylation is 1. The highest BCUT2D eigenvalue weighted by atomic mass is 15.1. The standard InChI is InChI=1S/C18H32N2/c1-6-7-8-11-20(14(2)3)18-10-9-15(4)12-17(18)13-16(5)19/h9-10,12,14,16H,6-8,11,13,19H2,1-5H3. The number of unbranched alkanes of at least 4 members (excludes halogenated alkanes) is 2. The molecular weight excluding hydrogens is 244 g/mol. The lowest BCUT2D eigenvalue weighted by atomic mass is 10.0. The molecule has 0 aromatic heterocycles. The Labute approximate surface area is 125 Å². The highest BCUT2D eigenvalue weighted by molar-refractivity contribution is 5.56. The van der Waals surface area contributed by atoms with Crippen LogP contribution in [0.5, 0.6) is 0 Å². The summed E-state index contributed by atoms with van der Waals surface area (Å²) in [6, 6.07) is 7.53. The van der Waals surface area contributed by atoms with E-state index >= 15 is 0 Å². The van der Waals surface area contributed by atoms with E-state index in [1.54, 1.807) is 0 Å². The van der Waals surface area contributed by atoms with Gasteiger partial charge in [0.05, 0.1) is 0 Å². The van der Waals surface area contributed by atoms with E-state index in [9.17, 15) is 0 Å². The van der Waals surface area contributed by atoms with Crippen LogP contribution in [-0.2, 0) is 6.42 Å². The van der Waals surface area contributed by atoms with Gasteiger partial charge in [-0.15, -0.1) is 0 Å². The third-order valence-corrected chi connectivity index (χ3v) is 3.71. The van der Waals surface area contributed by atoms with Gasteiger partial charge in [0.15, 0.2) is 0 Å². The summed E-state index contributed by atoms with van der Waals surface area (Å²) in [6.45, 7) is 12.2. The van der Waals surface area contributed by atoms with Crippen LogP contribution in [-0.4, -0.2) is 18.6 Å². The van der Waals surface area contributed by atoms with Crippen LogP contribution < -0.4 is 10.6 Å². The van der Waals surface area contributed by atoms with E-state index < -0.39 is 0 Å². The molecule has 0 saturated heterocycles. The van der Waals surface area contributed by atoms with Crippen LogP contribution in [0.25, 0.3) is 0 Å². The normalized spacial score (nSPS) is 12.8. The zero-order chi connectivity index (χ0) is 15.1. The maximum Gasteiger partial charge on any atom is 0.0401 e. The molecule has 0 aliphatic rings. The monoisotopic (exact) mass is 276 g/mol. The van der Waals surface area contributed by atoms with Crippen LogP contribution in [0.4, 0.5) is 5.69 Å². The summed E-state index contributed by atoms with van der Waals surface area (Å²) in [5.41, 5.74) is 10.1. The van der Waals surface area contributed by atoms with Gasteiger partial charge in [0.25, 0.3) is 0 Å². The largest absolute Gasteiger partial charge is 0.369 e. The maximum atomic E-state index is 6.02. The van der Waals surface area contributed by atoms with Gasteiger partial charge in [-0.25, -0.2) is 0 Å². The fourth-order valence-electron chi connectivity index (χ4n) is 2.69. The Kier molecular flexibility index (Phi) is 7.08. The minimum Gasteiger partial charge on any atom is -0.369 e. The molecule has 2 N–H and O–H groups in total. The van der Waals surface area contributed by atoms with Crippen molar-refractivity contribution < 1.29 is 0 Å². The summed E-state index contributed by atoms with van der Waals surface area (Å²) in [7, 11) is 0. The quantitative estimate of drug-likeness (QED) is 0.718. The lowest BCUT2D eigenvalue weighted by Crippen LogP contribution is -2.33. The second-order valence-corrected chi connectivity index (χ2v) is 6.31. The molecule has 0 saturated carbocycles.